The molecule has 0 spiro atoms. The highest BCUT2D eigenvalue weighted by Gasteiger charge is 2.14. The van der Waals surface area contributed by atoms with Gasteiger partial charge in [-0.25, -0.2) is 18.7 Å². The Bertz CT molecular complexity index is 1120. The van der Waals surface area contributed by atoms with Crippen molar-refractivity contribution in [2.24, 2.45) is 0 Å². The maximum absolute atomic E-state index is 14.6. The predicted molar refractivity (Wildman–Crippen MR) is 145 cm³/mol. The number of ether oxygens (including phenoxy) is 1. The van der Waals surface area contributed by atoms with E-state index < -0.39 is 11.6 Å². The van der Waals surface area contributed by atoms with E-state index in [0.29, 0.717) is 23.1 Å². The molecule has 0 amide bonds. The zero-order valence-corrected chi connectivity index (χ0v) is 21.4. The quantitative estimate of drug-likeness (QED) is 0.168. The molecule has 2 aromatic carbocycles. The predicted octanol–water partition coefficient (Wildman–Crippen LogP) is 8.60. The zero-order valence-electron chi connectivity index (χ0n) is 21.4. The summed E-state index contributed by atoms with van der Waals surface area (Å²) in [5.74, 6) is -1.09. The average molecular weight is 491 g/mol. The molecule has 1 aromatic heterocycles. The summed E-state index contributed by atoms with van der Waals surface area (Å²) in [5, 5.41) is 0. The van der Waals surface area contributed by atoms with Gasteiger partial charge in [0, 0.05) is 35.7 Å². The smallest absolute Gasteiger partial charge is 0.166 e. The Kier molecular flexibility index (Phi) is 11.0. The molecule has 3 nitrogen and oxygen atoms in total. The van der Waals surface area contributed by atoms with E-state index in [1.807, 2.05) is 18.2 Å². The van der Waals surface area contributed by atoms with Crippen LogP contribution in [0.25, 0.3) is 28.6 Å². The fourth-order valence-electron chi connectivity index (χ4n) is 3.96. The van der Waals surface area contributed by atoms with Crippen LogP contribution in [0, 0.1) is 11.6 Å². The van der Waals surface area contributed by atoms with Crippen LogP contribution >= 0.6 is 0 Å². The summed E-state index contributed by atoms with van der Waals surface area (Å²) >= 11 is 0. The normalized spacial score (nSPS) is 12.2. The Morgan fingerprint density at radius 2 is 1.67 bits per heavy atom. The van der Waals surface area contributed by atoms with Gasteiger partial charge in [0.25, 0.3) is 0 Å². The van der Waals surface area contributed by atoms with E-state index in [1.165, 1.54) is 12.8 Å². The first kappa shape index (κ1) is 27.4. The van der Waals surface area contributed by atoms with Crippen LogP contribution in [0.1, 0.15) is 63.5 Å². The van der Waals surface area contributed by atoms with Crippen molar-refractivity contribution in [1.29, 1.82) is 0 Å². The van der Waals surface area contributed by atoms with Crippen LogP contribution in [0.3, 0.4) is 0 Å². The van der Waals surface area contributed by atoms with Gasteiger partial charge in [-0.05, 0) is 50.2 Å². The second-order valence-electron chi connectivity index (χ2n) is 9.03. The number of hydrogen-bond donors (Lipinski definition) is 0. The molecule has 3 aromatic rings. The molecule has 0 radical (unpaired) electrons. The van der Waals surface area contributed by atoms with Crippen molar-refractivity contribution in [3.8, 4) is 22.5 Å². The number of unbranched alkanes of at least 4 members (excludes halogenated alkanes) is 3. The number of benzene rings is 2. The van der Waals surface area contributed by atoms with Gasteiger partial charge in [0.1, 0.15) is 0 Å². The second kappa shape index (κ2) is 14.4. The molecule has 3 rings (SSSR count). The van der Waals surface area contributed by atoms with Crippen LogP contribution in [-0.2, 0) is 11.2 Å². The summed E-state index contributed by atoms with van der Waals surface area (Å²) < 4.78 is 34.7. The third kappa shape index (κ3) is 7.92. The van der Waals surface area contributed by atoms with E-state index in [-0.39, 0.29) is 12.0 Å². The van der Waals surface area contributed by atoms with E-state index in [1.54, 1.807) is 42.7 Å². The third-order valence-electron chi connectivity index (χ3n) is 6.09. The summed E-state index contributed by atoms with van der Waals surface area (Å²) in [6.45, 7) is 8.78. The number of halogens is 2. The minimum atomic E-state index is -0.844. The van der Waals surface area contributed by atoms with Gasteiger partial charge in [-0.3, -0.25) is 0 Å². The van der Waals surface area contributed by atoms with E-state index in [2.05, 4.69) is 36.5 Å². The Hall–Kier alpha value is -3.18. The number of rotatable bonds is 14. The van der Waals surface area contributed by atoms with Crippen molar-refractivity contribution in [2.45, 2.75) is 64.9 Å². The fraction of sp³-hybridized carbons (Fsp3) is 0.355. The highest BCUT2D eigenvalue weighted by atomic mass is 19.2. The Labute approximate surface area is 214 Å². The van der Waals surface area contributed by atoms with Crippen molar-refractivity contribution >= 4 is 6.08 Å². The van der Waals surface area contributed by atoms with Crippen molar-refractivity contribution in [1.82, 2.24) is 9.97 Å². The van der Waals surface area contributed by atoms with E-state index in [9.17, 15) is 8.78 Å². The summed E-state index contributed by atoms with van der Waals surface area (Å²) in [6, 6.07) is 10.4. The van der Waals surface area contributed by atoms with Gasteiger partial charge < -0.3 is 4.74 Å². The Morgan fingerprint density at radius 1 is 0.944 bits per heavy atom. The maximum atomic E-state index is 14.6. The molecule has 0 bridgehead atoms. The molecule has 0 saturated carbocycles. The molecule has 5 heteroatoms. The van der Waals surface area contributed by atoms with Gasteiger partial charge in [-0.15, -0.1) is 6.58 Å². The van der Waals surface area contributed by atoms with Crippen LogP contribution in [0.5, 0.6) is 0 Å². The summed E-state index contributed by atoms with van der Waals surface area (Å²) in [5.41, 5.74) is 2.88. The first-order valence-corrected chi connectivity index (χ1v) is 12.8. The molecule has 36 heavy (non-hydrogen) atoms. The molecule has 0 aliphatic carbocycles. The molecular formula is C31H36F2N2O. The summed E-state index contributed by atoms with van der Waals surface area (Å²) in [6.07, 6.45) is 16.6. The molecule has 0 aliphatic rings. The maximum Gasteiger partial charge on any atom is 0.166 e. The fourth-order valence-corrected chi connectivity index (χ4v) is 3.96. The lowest BCUT2D eigenvalue weighted by Gasteiger charge is -2.11. The van der Waals surface area contributed by atoms with Crippen LogP contribution in [-0.4, -0.2) is 22.7 Å². The largest absolute Gasteiger partial charge is 0.379 e. The van der Waals surface area contributed by atoms with E-state index >= 15 is 0 Å². The van der Waals surface area contributed by atoms with Gasteiger partial charge in [-0.2, -0.15) is 0 Å². The first-order valence-electron chi connectivity index (χ1n) is 12.8. The summed E-state index contributed by atoms with van der Waals surface area (Å²) in [7, 11) is 0. The van der Waals surface area contributed by atoms with Gasteiger partial charge in [0.05, 0.1) is 6.10 Å². The number of hydrogen-bond acceptors (Lipinski definition) is 3. The minimum Gasteiger partial charge on any atom is -0.379 e. The molecule has 0 saturated heterocycles. The van der Waals surface area contributed by atoms with E-state index in [0.717, 1.165) is 43.4 Å². The van der Waals surface area contributed by atoms with Gasteiger partial charge in [-0.1, -0.05) is 74.4 Å². The lowest BCUT2D eigenvalue weighted by Crippen LogP contribution is -2.08. The summed E-state index contributed by atoms with van der Waals surface area (Å²) in [4.78, 5) is 8.93. The van der Waals surface area contributed by atoms with Crippen molar-refractivity contribution in [3.05, 3.63) is 90.3 Å². The lowest BCUT2D eigenvalue weighted by molar-refractivity contribution is 0.0566. The van der Waals surface area contributed by atoms with Crippen LogP contribution in [0.15, 0.2) is 67.5 Å². The number of aromatic nitrogens is 2. The molecule has 1 atom stereocenters. The monoisotopic (exact) mass is 490 g/mol. The van der Waals surface area contributed by atoms with Crippen LogP contribution in [0.2, 0.25) is 0 Å². The van der Waals surface area contributed by atoms with Gasteiger partial charge >= 0.3 is 0 Å². The van der Waals surface area contributed by atoms with Crippen LogP contribution in [0.4, 0.5) is 8.78 Å². The molecule has 0 N–H and O–H groups in total. The number of nitrogens with zero attached hydrogens (tertiary/aromatic N) is 2. The van der Waals surface area contributed by atoms with E-state index in [4.69, 9.17) is 4.74 Å². The standard InChI is InChI=1S/C31H36F2N2O/c1-4-6-10-20-36-23(3)12-8-7-9-13-24-21-34-31(35-22-24)27-16-14-25(15-17-27)28-19-18-26(11-5-2)29(32)30(28)33/h5,9,13-19,21-23H,2,4,6-8,10-12,20H2,1,3H3/b13-9+. The SMILES string of the molecule is C=CCc1ccc(-c2ccc(-c3ncc(/C=C/CCCC(C)OCCCCC)cn3)cc2)c(F)c1F. The highest BCUT2D eigenvalue weighted by molar-refractivity contribution is 5.68. The third-order valence-corrected chi connectivity index (χ3v) is 6.09. The van der Waals surface area contributed by atoms with Gasteiger partial charge in [0.15, 0.2) is 17.5 Å². The van der Waals surface area contributed by atoms with Gasteiger partial charge in [0.2, 0.25) is 0 Å². The molecule has 190 valence electrons. The molecular weight excluding hydrogens is 454 g/mol. The molecule has 0 fully saturated rings. The molecule has 1 unspecified atom stereocenters. The van der Waals surface area contributed by atoms with Crippen molar-refractivity contribution in [2.75, 3.05) is 6.61 Å². The Balaban J connectivity index is 1.52. The topological polar surface area (TPSA) is 35.0 Å². The average Bonchev–Trinajstić information content (AvgIpc) is 2.90. The lowest BCUT2D eigenvalue weighted by atomic mass is 10.00. The molecule has 1 heterocycles. The Morgan fingerprint density at radius 3 is 2.36 bits per heavy atom. The first-order chi connectivity index (χ1) is 17.5. The second-order valence-corrected chi connectivity index (χ2v) is 9.03. The highest BCUT2D eigenvalue weighted by Crippen LogP contribution is 2.28. The zero-order chi connectivity index (χ0) is 25.8. The van der Waals surface area contributed by atoms with Crippen LogP contribution < -0.4 is 0 Å². The van der Waals surface area contributed by atoms with Crippen molar-refractivity contribution < 1.29 is 13.5 Å². The molecule has 0 aliphatic heterocycles. The number of allylic oxidation sites excluding steroid dienone is 2. The van der Waals surface area contributed by atoms with Crippen molar-refractivity contribution in [3.63, 3.8) is 0 Å². The minimum absolute atomic E-state index is 0.228.